The van der Waals surface area contributed by atoms with Gasteiger partial charge in [0.1, 0.15) is 5.82 Å². The van der Waals surface area contributed by atoms with Crippen molar-refractivity contribution in [2.24, 2.45) is 0 Å². The van der Waals surface area contributed by atoms with E-state index in [1.807, 2.05) is 0 Å². The van der Waals surface area contributed by atoms with Gasteiger partial charge in [-0.1, -0.05) is 36.4 Å². The molecule has 10 heteroatoms. The van der Waals surface area contributed by atoms with Crippen LogP contribution in [-0.4, -0.2) is 19.5 Å². The van der Waals surface area contributed by atoms with Crippen molar-refractivity contribution in [1.29, 1.82) is 0 Å². The molecule has 0 aliphatic rings. The highest BCUT2D eigenvalue weighted by Gasteiger charge is 2.30. The number of anilines is 1. The number of hydrogen-bond donors (Lipinski definition) is 2. The van der Waals surface area contributed by atoms with Crippen LogP contribution >= 0.6 is 0 Å². The van der Waals surface area contributed by atoms with E-state index < -0.39 is 27.7 Å². The van der Waals surface area contributed by atoms with E-state index in [0.29, 0.717) is 30.5 Å². The zero-order valence-electron chi connectivity index (χ0n) is 19.7. The van der Waals surface area contributed by atoms with Crippen molar-refractivity contribution >= 4 is 21.7 Å². The van der Waals surface area contributed by atoms with Gasteiger partial charge in [-0.2, -0.15) is 13.2 Å². The Morgan fingerprint density at radius 1 is 0.789 bits per heavy atom. The monoisotopic (exact) mass is 543 g/mol. The molecule has 38 heavy (non-hydrogen) atoms. The number of nitrogens with one attached hydrogen (secondary N) is 1. The van der Waals surface area contributed by atoms with Crippen LogP contribution in [0.3, 0.4) is 0 Å². The molecule has 0 aliphatic heterocycles. The van der Waals surface area contributed by atoms with Crippen molar-refractivity contribution in [2.75, 3.05) is 4.72 Å². The largest absolute Gasteiger partial charge is 0.478 e. The Hall–Kier alpha value is -4.18. The minimum atomic E-state index is -4.57. The van der Waals surface area contributed by atoms with Crippen molar-refractivity contribution in [1.82, 2.24) is 0 Å². The number of aromatic carboxylic acids is 1. The summed E-state index contributed by atoms with van der Waals surface area (Å²) in [6, 6.07) is 20.4. The molecule has 5 nitrogen and oxygen atoms in total. The first-order valence-electron chi connectivity index (χ1n) is 11.3. The molecular weight excluding hydrogens is 522 g/mol. The van der Waals surface area contributed by atoms with Crippen LogP contribution in [0.15, 0.2) is 95.9 Å². The normalized spacial score (nSPS) is 11.8. The molecule has 196 valence electrons. The minimum Gasteiger partial charge on any atom is -0.478 e. The fourth-order valence-corrected chi connectivity index (χ4v) is 4.95. The third-order valence-corrected chi connectivity index (χ3v) is 7.29. The van der Waals surface area contributed by atoms with Crippen molar-refractivity contribution in [3.63, 3.8) is 0 Å². The zero-order chi connectivity index (χ0) is 27.5. The van der Waals surface area contributed by atoms with Crippen molar-refractivity contribution in [2.45, 2.75) is 23.9 Å². The van der Waals surface area contributed by atoms with Crippen LogP contribution in [0.25, 0.3) is 11.1 Å². The maximum Gasteiger partial charge on any atom is 0.416 e. The number of benzene rings is 4. The Bertz CT molecular complexity index is 1550. The molecule has 0 radical (unpaired) electrons. The Morgan fingerprint density at radius 2 is 1.39 bits per heavy atom. The van der Waals surface area contributed by atoms with Gasteiger partial charge in [0, 0.05) is 5.69 Å². The summed E-state index contributed by atoms with van der Waals surface area (Å²) in [5.74, 6) is -1.44. The summed E-state index contributed by atoms with van der Waals surface area (Å²) >= 11 is 0. The molecule has 2 N–H and O–H groups in total. The lowest BCUT2D eigenvalue weighted by molar-refractivity contribution is -0.137. The van der Waals surface area contributed by atoms with Gasteiger partial charge in [-0.3, -0.25) is 4.72 Å². The number of carboxylic acid groups (broad SMARTS) is 1. The Labute approximate surface area is 216 Å². The van der Waals surface area contributed by atoms with Gasteiger partial charge >= 0.3 is 12.1 Å². The molecule has 0 atom stereocenters. The first-order chi connectivity index (χ1) is 17.9. The number of sulfonamides is 1. The van der Waals surface area contributed by atoms with Gasteiger partial charge in [0.25, 0.3) is 10.0 Å². The molecule has 4 rings (SSSR count). The standard InChI is InChI=1S/C28H21F4NO4S/c29-23-10-5-19(6-11-23)20-7-16-26(27(34)35)21(17-20)4-1-18-2-12-24(13-3-18)33-38(36,37)25-14-8-22(9-15-25)28(30,31)32/h2-3,5-17,33H,1,4H2,(H,34,35). The SMILES string of the molecule is O=C(O)c1ccc(-c2ccc(F)cc2)cc1CCc1ccc(NS(=O)(=O)c2ccc(C(F)(F)F)cc2)cc1. The molecule has 0 aromatic heterocycles. The number of aryl methyl sites for hydroxylation is 2. The van der Waals surface area contributed by atoms with Crippen LogP contribution < -0.4 is 4.72 Å². The van der Waals surface area contributed by atoms with Crippen LogP contribution in [0.4, 0.5) is 23.2 Å². The second kappa shape index (κ2) is 10.7. The smallest absolute Gasteiger partial charge is 0.416 e. The second-order valence-electron chi connectivity index (χ2n) is 8.51. The average Bonchev–Trinajstić information content (AvgIpc) is 2.88. The molecule has 4 aromatic rings. The molecule has 0 aliphatic carbocycles. The highest BCUT2D eigenvalue weighted by atomic mass is 32.2. The Kier molecular flexibility index (Phi) is 7.54. The lowest BCUT2D eigenvalue weighted by Gasteiger charge is -2.12. The number of rotatable bonds is 8. The summed E-state index contributed by atoms with van der Waals surface area (Å²) in [5, 5.41) is 9.58. The third-order valence-electron chi connectivity index (χ3n) is 5.89. The van der Waals surface area contributed by atoms with Crippen molar-refractivity contribution in [3.05, 3.63) is 119 Å². The lowest BCUT2D eigenvalue weighted by atomic mass is 9.95. The summed E-state index contributed by atoms with van der Waals surface area (Å²) in [7, 11) is -4.10. The quantitative estimate of drug-likeness (QED) is 0.240. The second-order valence-corrected chi connectivity index (χ2v) is 10.2. The van der Waals surface area contributed by atoms with E-state index in [4.69, 9.17) is 0 Å². The van der Waals surface area contributed by atoms with Gasteiger partial charge in [-0.15, -0.1) is 0 Å². The first kappa shape index (κ1) is 26.9. The van der Waals surface area contributed by atoms with E-state index in [1.165, 1.54) is 30.3 Å². The van der Waals surface area contributed by atoms with Crippen LogP contribution in [0.2, 0.25) is 0 Å². The van der Waals surface area contributed by atoms with Gasteiger partial charge in [0.05, 0.1) is 16.0 Å². The van der Waals surface area contributed by atoms with Gasteiger partial charge in [0.15, 0.2) is 0 Å². The molecule has 0 unspecified atom stereocenters. The number of carboxylic acids is 1. The fraction of sp³-hybridized carbons (Fsp3) is 0.107. The molecule has 0 fully saturated rings. The minimum absolute atomic E-state index is 0.150. The van der Waals surface area contributed by atoms with Gasteiger partial charge in [0.2, 0.25) is 0 Å². The first-order valence-corrected chi connectivity index (χ1v) is 12.8. The molecule has 0 saturated carbocycles. The van der Waals surface area contributed by atoms with Crippen LogP contribution in [-0.2, 0) is 29.0 Å². The van der Waals surface area contributed by atoms with Crippen molar-refractivity contribution < 1.29 is 35.9 Å². The topological polar surface area (TPSA) is 83.5 Å². The summed E-state index contributed by atoms with van der Waals surface area (Å²) < 4.78 is 78.9. The highest BCUT2D eigenvalue weighted by molar-refractivity contribution is 7.92. The van der Waals surface area contributed by atoms with E-state index in [1.54, 1.807) is 36.4 Å². The third kappa shape index (κ3) is 6.38. The van der Waals surface area contributed by atoms with E-state index in [2.05, 4.69) is 4.72 Å². The van der Waals surface area contributed by atoms with Gasteiger partial charge in [-0.25, -0.2) is 17.6 Å². The van der Waals surface area contributed by atoms with Crippen LogP contribution in [0.5, 0.6) is 0 Å². The maximum atomic E-state index is 13.3. The van der Waals surface area contributed by atoms with Crippen LogP contribution in [0, 0.1) is 5.82 Å². The number of carbonyl (C=O) groups is 1. The van der Waals surface area contributed by atoms with Gasteiger partial charge < -0.3 is 5.11 Å². The average molecular weight is 544 g/mol. The molecular formula is C28H21F4NO4S. The number of hydrogen-bond acceptors (Lipinski definition) is 3. The Morgan fingerprint density at radius 3 is 1.97 bits per heavy atom. The summed E-state index contributed by atoms with van der Waals surface area (Å²) in [4.78, 5) is 11.4. The van der Waals surface area contributed by atoms with Gasteiger partial charge in [-0.05, 0) is 89.7 Å². The van der Waals surface area contributed by atoms with E-state index in [9.17, 15) is 35.9 Å². The van der Waals surface area contributed by atoms with E-state index >= 15 is 0 Å². The van der Waals surface area contributed by atoms with Crippen LogP contribution in [0.1, 0.15) is 27.0 Å². The number of halogens is 4. The van der Waals surface area contributed by atoms with E-state index in [-0.39, 0.29) is 22.0 Å². The molecule has 0 amide bonds. The maximum absolute atomic E-state index is 13.3. The Balaban J connectivity index is 1.46. The highest BCUT2D eigenvalue weighted by Crippen LogP contribution is 2.30. The predicted octanol–water partition coefficient (Wildman–Crippen LogP) is 6.80. The summed E-state index contributed by atoms with van der Waals surface area (Å²) in [6.45, 7) is 0. The number of alkyl halides is 3. The molecule has 0 heterocycles. The molecule has 4 aromatic carbocycles. The molecule has 0 saturated heterocycles. The predicted molar refractivity (Wildman–Crippen MR) is 135 cm³/mol. The fourth-order valence-electron chi connectivity index (χ4n) is 3.89. The van der Waals surface area contributed by atoms with E-state index in [0.717, 1.165) is 28.8 Å². The van der Waals surface area contributed by atoms with Crippen molar-refractivity contribution in [3.8, 4) is 11.1 Å². The lowest BCUT2D eigenvalue weighted by Crippen LogP contribution is -2.13. The zero-order valence-corrected chi connectivity index (χ0v) is 20.5. The summed E-state index contributed by atoms with van der Waals surface area (Å²) in [6.07, 6.45) is -3.73. The molecule has 0 spiro atoms. The summed E-state index contributed by atoms with van der Waals surface area (Å²) in [5.41, 5.74) is 2.31. The molecule has 0 bridgehead atoms.